The van der Waals surface area contributed by atoms with Gasteiger partial charge in [0.25, 0.3) is 0 Å². The summed E-state index contributed by atoms with van der Waals surface area (Å²) >= 11 is 0. The minimum Gasteiger partial charge on any atom is -0.353 e. The number of aryl methyl sites for hydroxylation is 1. The van der Waals surface area contributed by atoms with Crippen molar-refractivity contribution in [3.05, 3.63) is 41.6 Å². The van der Waals surface area contributed by atoms with Crippen LogP contribution in [0.2, 0.25) is 0 Å². The van der Waals surface area contributed by atoms with E-state index in [4.69, 9.17) is 4.98 Å². The van der Waals surface area contributed by atoms with Gasteiger partial charge in [-0.05, 0) is 49.9 Å². The standard InChI is InChI=1S/C21H28N6O/c1-16-6-5-7-18(17(16)2)23-21(28)27-14-12-25(13-15-27)19-8-9-22-20(24-19)26-10-3-4-11-26/h5-9H,3-4,10-15H2,1-2H3,(H,23,28). The van der Waals surface area contributed by atoms with E-state index >= 15 is 0 Å². The van der Waals surface area contributed by atoms with Crippen LogP contribution in [0.5, 0.6) is 0 Å². The molecule has 2 aromatic rings. The highest BCUT2D eigenvalue weighted by Crippen LogP contribution is 2.21. The average molecular weight is 380 g/mol. The highest BCUT2D eigenvalue weighted by atomic mass is 16.2. The summed E-state index contributed by atoms with van der Waals surface area (Å²) in [5.41, 5.74) is 3.18. The van der Waals surface area contributed by atoms with Gasteiger partial charge in [-0.15, -0.1) is 0 Å². The van der Waals surface area contributed by atoms with E-state index in [1.165, 1.54) is 18.4 Å². The van der Waals surface area contributed by atoms with Gasteiger partial charge in [0.2, 0.25) is 5.95 Å². The van der Waals surface area contributed by atoms with E-state index in [-0.39, 0.29) is 6.03 Å². The van der Waals surface area contributed by atoms with Crippen LogP contribution >= 0.6 is 0 Å². The molecule has 3 heterocycles. The van der Waals surface area contributed by atoms with E-state index in [0.717, 1.165) is 49.2 Å². The van der Waals surface area contributed by atoms with Crippen LogP contribution in [0.25, 0.3) is 0 Å². The van der Waals surface area contributed by atoms with Crippen LogP contribution in [-0.4, -0.2) is 60.2 Å². The minimum absolute atomic E-state index is 0.0335. The molecule has 2 saturated heterocycles. The highest BCUT2D eigenvalue weighted by Gasteiger charge is 2.23. The molecule has 7 heteroatoms. The Hall–Kier alpha value is -2.83. The Morgan fingerprint density at radius 1 is 0.964 bits per heavy atom. The lowest BCUT2D eigenvalue weighted by Gasteiger charge is -2.35. The maximum Gasteiger partial charge on any atom is 0.321 e. The molecule has 0 saturated carbocycles. The van der Waals surface area contributed by atoms with E-state index in [1.54, 1.807) is 0 Å². The molecule has 0 spiro atoms. The number of anilines is 3. The van der Waals surface area contributed by atoms with Crippen molar-refractivity contribution in [3.8, 4) is 0 Å². The number of carbonyl (C=O) groups is 1. The van der Waals surface area contributed by atoms with Crippen molar-refractivity contribution in [1.29, 1.82) is 0 Å². The first-order chi connectivity index (χ1) is 13.6. The van der Waals surface area contributed by atoms with Crippen molar-refractivity contribution in [1.82, 2.24) is 14.9 Å². The molecule has 2 amide bonds. The Labute approximate surface area is 166 Å². The van der Waals surface area contributed by atoms with Crippen molar-refractivity contribution in [2.75, 3.05) is 54.4 Å². The molecule has 2 aliphatic heterocycles. The molecule has 7 nitrogen and oxygen atoms in total. The molecule has 2 fully saturated rings. The number of nitrogens with one attached hydrogen (secondary N) is 1. The predicted molar refractivity (Wildman–Crippen MR) is 112 cm³/mol. The van der Waals surface area contributed by atoms with E-state index in [1.807, 2.05) is 36.2 Å². The smallest absolute Gasteiger partial charge is 0.321 e. The summed E-state index contributed by atoms with van der Waals surface area (Å²) in [6.07, 6.45) is 4.26. The second-order valence-electron chi connectivity index (χ2n) is 7.56. The maximum absolute atomic E-state index is 12.7. The zero-order chi connectivity index (χ0) is 19.5. The topological polar surface area (TPSA) is 64.6 Å². The summed E-state index contributed by atoms with van der Waals surface area (Å²) < 4.78 is 0. The van der Waals surface area contributed by atoms with Gasteiger partial charge in [-0.1, -0.05) is 12.1 Å². The molecule has 148 valence electrons. The summed E-state index contributed by atoms with van der Waals surface area (Å²) in [5, 5.41) is 3.06. The molecule has 1 aromatic carbocycles. The number of urea groups is 1. The molecule has 28 heavy (non-hydrogen) atoms. The fourth-order valence-corrected chi connectivity index (χ4v) is 3.80. The monoisotopic (exact) mass is 380 g/mol. The van der Waals surface area contributed by atoms with Crippen LogP contribution in [0.4, 0.5) is 22.2 Å². The SMILES string of the molecule is Cc1cccc(NC(=O)N2CCN(c3ccnc(N4CCCC4)n3)CC2)c1C. The number of amides is 2. The van der Waals surface area contributed by atoms with Crippen LogP contribution in [0, 0.1) is 13.8 Å². The molecule has 2 aliphatic rings. The van der Waals surface area contributed by atoms with Crippen LogP contribution in [0.3, 0.4) is 0 Å². The molecule has 0 atom stereocenters. The number of nitrogens with zero attached hydrogens (tertiary/aromatic N) is 5. The molecule has 1 N–H and O–H groups in total. The number of hydrogen-bond acceptors (Lipinski definition) is 5. The molecule has 1 aromatic heterocycles. The summed E-state index contributed by atoms with van der Waals surface area (Å²) in [5.74, 6) is 1.77. The lowest BCUT2D eigenvalue weighted by atomic mass is 10.1. The summed E-state index contributed by atoms with van der Waals surface area (Å²) in [6.45, 7) is 9.08. The highest BCUT2D eigenvalue weighted by molar-refractivity contribution is 5.90. The molecule has 4 rings (SSSR count). The Kier molecular flexibility index (Phi) is 5.32. The normalized spacial score (nSPS) is 17.1. The largest absolute Gasteiger partial charge is 0.353 e. The fourth-order valence-electron chi connectivity index (χ4n) is 3.80. The van der Waals surface area contributed by atoms with Gasteiger partial charge in [0, 0.05) is 51.2 Å². The van der Waals surface area contributed by atoms with Gasteiger partial charge in [0.05, 0.1) is 0 Å². The number of rotatable bonds is 3. The van der Waals surface area contributed by atoms with Crippen molar-refractivity contribution in [2.45, 2.75) is 26.7 Å². The molecule has 0 unspecified atom stereocenters. The average Bonchev–Trinajstić information content (AvgIpc) is 3.27. The first kappa shape index (κ1) is 18.5. The predicted octanol–water partition coefficient (Wildman–Crippen LogP) is 3.05. The Bertz CT molecular complexity index is 841. The van der Waals surface area contributed by atoms with Gasteiger partial charge in [0.1, 0.15) is 5.82 Å². The van der Waals surface area contributed by atoms with Gasteiger partial charge in [-0.3, -0.25) is 0 Å². The molecular formula is C21H28N6O. The summed E-state index contributed by atoms with van der Waals surface area (Å²) in [7, 11) is 0. The molecular weight excluding hydrogens is 352 g/mol. The van der Waals surface area contributed by atoms with Crippen LogP contribution in [0.1, 0.15) is 24.0 Å². The second kappa shape index (κ2) is 8.04. The summed E-state index contributed by atoms with van der Waals surface area (Å²) in [6, 6.07) is 7.92. The van der Waals surface area contributed by atoms with Crippen LogP contribution in [-0.2, 0) is 0 Å². The van der Waals surface area contributed by atoms with E-state index < -0.39 is 0 Å². The zero-order valence-electron chi connectivity index (χ0n) is 16.7. The van der Waals surface area contributed by atoms with Gasteiger partial charge < -0.3 is 20.0 Å². The number of benzene rings is 1. The maximum atomic E-state index is 12.7. The lowest BCUT2D eigenvalue weighted by molar-refractivity contribution is 0.208. The summed E-state index contributed by atoms with van der Waals surface area (Å²) in [4.78, 5) is 28.2. The van der Waals surface area contributed by atoms with Gasteiger partial charge in [0.15, 0.2) is 0 Å². The third-order valence-electron chi connectivity index (χ3n) is 5.75. The Balaban J connectivity index is 1.36. The molecule has 0 radical (unpaired) electrons. The van der Waals surface area contributed by atoms with Crippen LogP contribution < -0.4 is 15.1 Å². The van der Waals surface area contributed by atoms with Gasteiger partial charge >= 0.3 is 6.03 Å². The van der Waals surface area contributed by atoms with Crippen molar-refractivity contribution in [2.24, 2.45) is 0 Å². The van der Waals surface area contributed by atoms with E-state index in [2.05, 4.69) is 33.1 Å². The van der Waals surface area contributed by atoms with Crippen LogP contribution in [0.15, 0.2) is 30.5 Å². The quantitative estimate of drug-likeness (QED) is 0.887. The molecule has 0 bridgehead atoms. The zero-order valence-corrected chi connectivity index (χ0v) is 16.7. The molecule has 0 aliphatic carbocycles. The van der Waals surface area contributed by atoms with E-state index in [9.17, 15) is 4.79 Å². The second-order valence-corrected chi connectivity index (χ2v) is 7.56. The van der Waals surface area contributed by atoms with Gasteiger partial charge in [-0.25, -0.2) is 9.78 Å². The fraction of sp³-hybridized carbons (Fsp3) is 0.476. The Morgan fingerprint density at radius 2 is 1.71 bits per heavy atom. The van der Waals surface area contributed by atoms with Crippen molar-refractivity contribution >= 4 is 23.5 Å². The van der Waals surface area contributed by atoms with Crippen molar-refractivity contribution < 1.29 is 4.79 Å². The Morgan fingerprint density at radius 3 is 2.46 bits per heavy atom. The first-order valence-electron chi connectivity index (χ1n) is 10.1. The number of hydrogen-bond donors (Lipinski definition) is 1. The number of piperazine rings is 1. The lowest BCUT2D eigenvalue weighted by Crippen LogP contribution is -2.50. The minimum atomic E-state index is -0.0335. The van der Waals surface area contributed by atoms with Gasteiger partial charge in [-0.2, -0.15) is 4.98 Å². The first-order valence-corrected chi connectivity index (χ1v) is 10.1. The van der Waals surface area contributed by atoms with E-state index in [0.29, 0.717) is 13.1 Å². The number of carbonyl (C=O) groups excluding carboxylic acids is 1. The third-order valence-corrected chi connectivity index (χ3v) is 5.75. The number of aromatic nitrogens is 2. The van der Waals surface area contributed by atoms with Crippen molar-refractivity contribution in [3.63, 3.8) is 0 Å². The third kappa shape index (κ3) is 3.88.